The molecule has 0 aliphatic heterocycles. The number of hydrogen-bond acceptors (Lipinski definition) is 5. The third-order valence-electron chi connectivity index (χ3n) is 2.65. The monoisotopic (exact) mass is 342 g/mol. The summed E-state index contributed by atoms with van der Waals surface area (Å²) in [6, 6.07) is 0.961. The van der Waals surface area contributed by atoms with Crippen LogP contribution in [0.2, 0.25) is 5.02 Å². The van der Waals surface area contributed by atoms with E-state index in [-0.39, 0.29) is 40.7 Å². The molecule has 0 aliphatic carbocycles. The molecule has 0 saturated heterocycles. The highest BCUT2D eigenvalue weighted by Gasteiger charge is 2.22. The molecule has 1 atom stereocenters. The van der Waals surface area contributed by atoms with E-state index in [2.05, 4.69) is 9.71 Å². The molecule has 1 aromatic heterocycles. The van der Waals surface area contributed by atoms with Crippen molar-refractivity contribution >= 4 is 39.8 Å². The number of nitrogens with zero attached hydrogens (tertiary/aromatic N) is 1. The first-order valence-electron chi connectivity index (χ1n) is 6.04. The third kappa shape index (κ3) is 5.41. The van der Waals surface area contributed by atoms with Crippen LogP contribution in [-0.2, 0) is 10.0 Å². The first-order valence-corrected chi connectivity index (χ1v) is 7.90. The number of unbranched alkanes of at least 4 members (excludes halogenated alkanes) is 1. The highest BCUT2D eigenvalue weighted by Crippen LogP contribution is 2.20. The van der Waals surface area contributed by atoms with Crippen molar-refractivity contribution in [2.45, 2.75) is 37.1 Å². The maximum Gasteiger partial charge on any atom is 0.244 e. The average molecular weight is 343 g/mol. The molecule has 1 unspecified atom stereocenters. The van der Waals surface area contributed by atoms with Crippen LogP contribution in [0.1, 0.15) is 26.2 Å². The average Bonchev–Trinajstić information content (AvgIpc) is 2.37. The molecule has 9 heteroatoms. The molecule has 0 amide bonds. The second-order valence-electron chi connectivity index (χ2n) is 4.23. The number of anilines is 1. The fourth-order valence-electron chi connectivity index (χ4n) is 1.60. The molecular weight excluding hydrogens is 323 g/mol. The van der Waals surface area contributed by atoms with Gasteiger partial charge in [-0.3, -0.25) is 0 Å². The molecule has 0 aromatic carbocycles. The summed E-state index contributed by atoms with van der Waals surface area (Å²) in [6.07, 6.45) is 3.85. The zero-order valence-corrected chi connectivity index (χ0v) is 13.6. The van der Waals surface area contributed by atoms with E-state index in [1.54, 1.807) is 0 Å². The fraction of sp³-hybridized carbons (Fsp3) is 0.545. The van der Waals surface area contributed by atoms with Crippen molar-refractivity contribution in [2.24, 2.45) is 5.73 Å². The molecule has 0 bridgehead atoms. The molecule has 5 N–H and O–H groups in total. The van der Waals surface area contributed by atoms with Crippen molar-refractivity contribution in [1.29, 1.82) is 0 Å². The molecule has 1 aromatic rings. The Labute approximate surface area is 130 Å². The number of aromatic nitrogens is 1. The van der Waals surface area contributed by atoms with Gasteiger partial charge in [0.2, 0.25) is 10.0 Å². The number of rotatable bonds is 7. The highest BCUT2D eigenvalue weighted by atomic mass is 35.5. The van der Waals surface area contributed by atoms with Gasteiger partial charge in [0, 0.05) is 18.8 Å². The molecule has 0 spiro atoms. The summed E-state index contributed by atoms with van der Waals surface area (Å²) in [5.74, 6) is -0.0804. The molecule has 20 heavy (non-hydrogen) atoms. The summed E-state index contributed by atoms with van der Waals surface area (Å²) in [5, 5.41) is 0.215. The van der Waals surface area contributed by atoms with Crippen LogP contribution in [-0.4, -0.2) is 26.0 Å². The van der Waals surface area contributed by atoms with E-state index in [0.717, 1.165) is 12.8 Å². The molecule has 0 aliphatic rings. The van der Waals surface area contributed by atoms with Gasteiger partial charge in [-0.15, -0.1) is 12.4 Å². The van der Waals surface area contributed by atoms with Crippen LogP contribution in [0.4, 0.5) is 5.82 Å². The second kappa shape index (κ2) is 8.63. The lowest BCUT2D eigenvalue weighted by Crippen LogP contribution is -2.40. The molecule has 0 radical (unpaired) electrons. The van der Waals surface area contributed by atoms with Crippen molar-refractivity contribution in [1.82, 2.24) is 9.71 Å². The maximum absolute atomic E-state index is 12.2. The lowest BCUT2D eigenvalue weighted by atomic mass is 10.1. The Bertz CT molecular complexity index is 525. The minimum Gasteiger partial charge on any atom is -0.383 e. The first-order chi connectivity index (χ1) is 8.90. The minimum absolute atomic E-state index is 0. The van der Waals surface area contributed by atoms with Gasteiger partial charge in [0.05, 0.1) is 5.02 Å². The van der Waals surface area contributed by atoms with E-state index in [4.69, 9.17) is 23.1 Å². The van der Waals surface area contributed by atoms with E-state index in [9.17, 15) is 8.42 Å². The van der Waals surface area contributed by atoms with E-state index >= 15 is 0 Å². The summed E-state index contributed by atoms with van der Waals surface area (Å²) in [4.78, 5) is 3.62. The number of pyridine rings is 1. The van der Waals surface area contributed by atoms with Crippen LogP contribution < -0.4 is 16.2 Å². The molecule has 6 nitrogen and oxygen atoms in total. The van der Waals surface area contributed by atoms with Gasteiger partial charge in [0.25, 0.3) is 0 Å². The van der Waals surface area contributed by atoms with Crippen LogP contribution in [0.15, 0.2) is 17.2 Å². The Balaban J connectivity index is 0.00000361. The lowest BCUT2D eigenvalue weighted by molar-refractivity contribution is 0.516. The van der Waals surface area contributed by atoms with Gasteiger partial charge in [-0.1, -0.05) is 31.4 Å². The fourth-order valence-corrected chi connectivity index (χ4v) is 3.22. The number of nitrogens with one attached hydrogen (secondary N) is 1. The minimum atomic E-state index is -3.76. The van der Waals surface area contributed by atoms with Gasteiger partial charge >= 0.3 is 0 Å². The number of halogens is 2. The number of sulfonamides is 1. The number of nitrogens with two attached hydrogens (primary N) is 2. The standard InChI is InChI=1S/C11H19ClN4O2S.ClH/c1-2-3-4-9(6-13)16-19(17,18)10-5-8(12)7-15-11(10)14;/h5,7,9,16H,2-4,6,13H2,1H3,(H2,14,15);1H. The van der Waals surface area contributed by atoms with Crippen molar-refractivity contribution in [2.75, 3.05) is 12.3 Å². The van der Waals surface area contributed by atoms with E-state index in [1.165, 1.54) is 12.3 Å². The van der Waals surface area contributed by atoms with Gasteiger partial charge in [0.1, 0.15) is 10.7 Å². The molecule has 1 heterocycles. The molecule has 0 fully saturated rings. The summed E-state index contributed by atoms with van der Waals surface area (Å²) in [5.41, 5.74) is 11.1. The maximum atomic E-state index is 12.2. The van der Waals surface area contributed by atoms with Crippen LogP contribution in [0.3, 0.4) is 0 Å². The SMILES string of the molecule is CCCCC(CN)NS(=O)(=O)c1cc(Cl)cnc1N.Cl. The Morgan fingerprint density at radius 1 is 1.50 bits per heavy atom. The number of nitrogen functional groups attached to an aromatic ring is 1. The smallest absolute Gasteiger partial charge is 0.244 e. The van der Waals surface area contributed by atoms with Gasteiger partial charge < -0.3 is 11.5 Å². The third-order valence-corrected chi connectivity index (χ3v) is 4.41. The predicted octanol–water partition coefficient (Wildman–Crippen LogP) is 1.53. The van der Waals surface area contributed by atoms with Crippen LogP contribution in [0, 0.1) is 0 Å². The van der Waals surface area contributed by atoms with Crippen molar-refractivity contribution < 1.29 is 8.42 Å². The van der Waals surface area contributed by atoms with Crippen molar-refractivity contribution in [3.8, 4) is 0 Å². The number of hydrogen-bond donors (Lipinski definition) is 3. The Hall–Kier alpha value is -0.600. The molecule has 116 valence electrons. The first kappa shape index (κ1) is 19.4. The zero-order chi connectivity index (χ0) is 14.5. The molecular formula is C11H20Cl2N4O2S. The van der Waals surface area contributed by atoms with E-state index < -0.39 is 10.0 Å². The van der Waals surface area contributed by atoms with Crippen molar-refractivity contribution in [3.63, 3.8) is 0 Å². The topological polar surface area (TPSA) is 111 Å². The summed E-state index contributed by atoms with van der Waals surface area (Å²) >= 11 is 5.74. The van der Waals surface area contributed by atoms with Crippen molar-refractivity contribution in [3.05, 3.63) is 17.3 Å². The van der Waals surface area contributed by atoms with Gasteiger partial charge in [0.15, 0.2) is 0 Å². The van der Waals surface area contributed by atoms with Crippen LogP contribution in [0.25, 0.3) is 0 Å². The molecule has 0 saturated carbocycles. The summed E-state index contributed by atoms with van der Waals surface area (Å²) in [6.45, 7) is 2.26. The predicted molar refractivity (Wildman–Crippen MR) is 83.6 cm³/mol. The highest BCUT2D eigenvalue weighted by molar-refractivity contribution is 7.89. The summed E-state index contributed by atoms with van der Waals surface area (Å²) < 4.78 is 26.9. The normalized spacial score (nSPS) is 12.8. The second-order valence-corrected chi connectivity index (χ2v) is 6.35. The van der Waals surface area contributed by atoms with Crippen LogP contribution >= 0.6 is 24.0 Å². The Morgan fingerprint density at radius 3 is 2.70 bits per heavy atom. The van der Waals surface area contributed by atoms with Gasteiger partial charge in [-0.2, -0.15) is 0 Å². The molecule has 1 rings (SSSR count). The van der Waals surface area contributed by atoms with Gasteiger partial charge in [-0.05, 0) is 12.5 Å². The van der Waals surface area contributed by atoms with Gasteiger partial charge in [-0.25, -0.2) is 18.1 Å². The van der Waals surface area contributed by atoms with E-state index in [1.807, 2.05) is 6.92 Å². The van der Waals surface area contributed by atoms with E-state index in [0.29, 0.717) is 6.42 Å². The van der Waals surface area contributed by atoms with Crippen LogP contribution in [0.5, 0.6) is 0 Å². The largest absolute Gasteiger partial charge is 0.383 e. The summed E-state index contributed by atoms with van der Waals surface area (Å²) in [7, 11) is -3.76. The Morgan fingerprint density at radius 2 is 2.15 bits per heavy atom. The quantitative estimate of drug-likeness (QED) is 0.695. The lowest BCUT2D eigenvalue weighted by Gasteiger charge is -2.17. The zero-order valence-electron chi connectivity index (χ0n) is 11.2. The Kier molecular flexibility index (Phi) is 8.38.